The van der Waals surface area contributed by atoms with E-state index < -0.39 is 0 Å². The molecule has 0 radical (unpaired) electrons. The standard InChI is InChI=1S/C19H25N3OS2/c24-19(20-9-8-16-5-2-1-3-6-16)21-15-17(18-7-4-14-25-18)22-10-12-23-13-11-22/h1-7,14,17H,8-13,15H2,(H2,20,21,24)/t17-/m0/s1. The molecule has 1 aromatic heterocycles. The van der Waals surface area contributed by atoms with Crippen molar-refractivity contribution in [2.45, 2.75) is 12.5 Å². The molecule has 2 aromatic rings. The van der Waals surface area contributed by atoms with E-state index in [4.69, 9.17) is 17.0 Å². The number of benzene rings is 1. The monoisotopic (exact) mass is 375 g/mol. The molecule has 1 aliphatic rings. The van der Waals surface area contributed by atoms with Crippen molar-refractivity contribution < 1.29 is 4.74 Å². The lowest BCUT2D eigenvalue weighted by Crippen LogP contribution is -2.45. The van der Waals surface area contributed by atoms with Crippen LogP contribution in [-0.2, 0) is 11.2 Å². The molecule has 134 valence electrons. The lowest BCUT2D eigenvalue weighted by atomic mass is 10.1. The van der Waals surface area contributed by atoms with Crippen molar-refractivity contribution in [2.24, 2.45) is 0 Å². The molecule has 6 heteroatoms. The van der Waals surface area contributed by atoms with Crippen LogP contribution in [0, 0.1) is 0 Å². The van der Waals surface area contributed by atoms with Gasteiger partial charge in [-0.1, -0.05) is 36.4 Å². The third-order valence-electron chi connectivity index (χ3n) is 4.36. The number of morpholine rings is 1. The Morgan fingerprint density at radius 1 is 1.12 bits per heavy atom. The predicted molar refractivity (Wildman–Crippen MR) is 108 cm³/mol. The van der Waals surface area contributed by atoms with Crippen molar-refractivity contribution in [3.05, 3.63) is 58.3 Å². The SMILES string of the molecule is S=C(NCCc1ccccc1)NC[C@@H](c1cccs1)N1CCOCC1. The van der Waals surface area contributed by atoms with Crippen molar-refractivity contribution in [3.8, 4) is 0 Å². The second kappa shape index (κ2) is 9.87. The van der Waals surface area contributed by atoms with E-state index in [1.54, 1.807) is 11.3 Å². The smallest absolute Gasteiger partial charge is 0.166 e. The molecular weight excluding hydrogens is 350 g/mol. The van der Waals surface area contributed by atoms with Crippen LogP contribution >= 0.6 is 23.6 Å². The van der Waals surface area contributed by atoms with E-state index in [9.17, 15) is 0 Å². The van der Waals surface area contributed by atoms with Crippen molar-refractivity contribution in [2.75, 3.05) is 39.4 Å². The third kappa shape index (κ3) is 5.78. The molecule has 25 heavy (non-hydrogen) atoms. The van der Waals surface area contributed by atoms with Gasteiger partial charge < -0.3 is 15.4 Å². The molecule has 4 nitrogen and oxygen atoms in total. The van der Waals surface area contributed by atoms with Gasteiger partial charge in [0.15, 0.2) is 5.11 Å². The van der Waals surface area contributed by atoms with Crippen LogP contribution < -0.4 is 10.6 Å². The summed E-state index contributed by atoms with van der Waals surface area (Å²) in [4.78, 5) is 3.86. The predicted octanol–water partition coefficient (Wildman–Crippen LogP) is 2.83. The number of nitrogens with zero attached hydrogens (tertiary/aromatic N) is 1. The minimum absolute atomic E-state index is 0.345. The Hall–Kier alpha value is -1.47. The Morgan fingerprint density at radius 2 is 1.92 bits per heavy atom. The molecule has 2 heterocycles. The zero-order valence-electron chi connectivity index (χ0n) is 14.3. The van der Waals surface area contributed by atoms with Gasteiger partial charge in [-0.15, -0.1) is 11.3 Å². The summed E-state index contributed by atoms with van der Waals surface area (Å²) in [6.45, 7) is 5.22. The van der Waals surface area contributed by atoms with Crippen LogP contribution in [-0.4, -0.2) is 49.4 Å². The first-order valence-electron chi connectivity index (χ1n) is 8.74. The number of rotatable bonds is 7. The van der Waals surface area contributed by atoms with Crippen molar-refractivity contribution in [3.63, 3.8) is 0 Å². The van der Waals surface area contributed by atoms with Gasteiger partial charge in [-0.05, 0) is 35.6 Å². The van der Waals surface area contributed by atoms with Gasteiger partial charge >= 0.3 is 0 Å². The molecule has 0 amide bonds. The summed E-state index contributed by atoms with van der Waals surface area (Å²) in [5.41, 5.74) is 1.32. The highest BCUT2D eigenvalue weighted by Gasteiger charge is 2.23. The highest BCUT2D eigenvalue weighted by molar-refractivity contribution is 7.80. The van der Waals surface area contributed by atoms with Gasteiger partial charge in [0.25, 0.3) is 0 Å². The van der Waals surface area contributed by atoms with Gasteiger partial charge in [0, 0.05) is 31.1 Å². The molecule has 1 saturated heterocycles. The normalized spacial score (nSPS) is 16.3. The average molecular weight is 376 g/mol. The number of thiocarbonyl (C=S) groups is 1. The molecule has 0 spiro atoms. The summed E-state index contributed by atoms with van der Waals surface area (Å²) in [6, 6.07) is 15.1. The summed E-state index contributed by atoms with van der Waals surface area (Å²) in [7, 11) is 0. The second-order valence-electron chi connectivity index (χ2n) is 6.05. The summed E-state index contributed by atoms with van der Waals surface area (Å²) >= 11 is 7.26. The number of hydrogen-bond acceptors (Lipinski definition) is 4. The topological polar surface area (TPSA) is 36.5 Å². The summed E-state index contributed by atoms with van der Waals surface area (Å²) in [6.07, 6.45) is 0.973. The maximum atomic E-state index is 5.49. The van der Waals surface area contributed by atoms with Crippen LogP contribution in [0.2, 0.25) is 0 Å². The van der Waals surface area contributed by atoms with Gasteiger partial charge in [0.05, 0.1) is 19.3 Å². The molecule has 1 aliphatic heterocycles. The molecule has 2 N–H and O–H groups in total. The van der Waals surface area contributed by atoms with E-state index in [0.717, 1.165) is 50.9 Å². The van der Waals surface area contributed by atoms with Gasteiger partial charge in [-0.25, -0.2) is 0 Å². The van der Waals surface area contributed by atoms with Crippen molar-refractivity contribution in [1.82, 2.24) is 15.5 Å². The zero-order valence-corrected chi connectivity index (χ0v) is 16.0. The van der Waals surface area contributed by atoms with E-state index >= 15 is 0 Å². The number of ether oxygens (including phenoxy) is 1. The first-order chi connectivity index (χ1) is 12.3. The molecule has 3 rings (SSSR count). The Bertz CT molecular complexity index is 627. The fraction of sp³-hybridized carbons (Fsp3) is 0.421. The van der Waals surface area contributed by atoms with E-state index in [0.29, 0.717) is 6.04 Å². The molecule has 0 aliphatic carbocycles. The number of nitrogens with one attached hydrogen (secondary N) is 2. The second-order valence-corrected chi connectivity index (χ2v) is 7.44. The summed E-state index contributed by atoms with van der Waals surface area (Å²) in [5, 5.41) is 9.58. The highest BCUT2D eigenvalue weighted by Crippen LogP contribution is 2.25. The van der Waals surface area contributed by atoms with Crippen molar-refractivity contribution in [1.29, 1.82) is 0 Å². The largest absolute Gasteiger partial charge is 0.379 e. The van der Waals surface area contributed by atoms with Gasteiger partial charge in [0.2, 0.25) is 0 Å². The molecule has 0 bridgehead atoms. The van der Waals surface area contributed by atoms with Crippen molar-refractivity contribution >= 4 is 28.7 Å². The summed E-state index contributed by atoms with van der Waals surface area (Å²) < 4.78 is 5.49. The van der Waals surface area contributed by atoms with Gasteiger partial charge in [-0.2, -0.15) is 0 Å². The maximum Gasteiger partial charge on any atom is 0.166 e. The van der Waals surface area contributed by atoms with Gasteiger partial charge in [0.1, 0.15) is 0 Å². The van der Waals surface area contributed by atoms with Crippen LogP contribution in [0.3, 0.4) is 0 Å². The minimum atomic E-state index is 0.345. The van der Waals surface area contributed by atoms with Crippen LogP contribution in [0.1, 0.15) is 16.5 Å². The van der Waals surface area contributed by atoms with E-state index in [2.05, 4.69) is 57.3 Å². The zero-order chi connectivity index (χ0) is 17.3. The minimum Gasteiger partial charge on any atom is -0.379 e. The van der Waals surface area contributed by atoms with Crippen LogP contribution in [0.4, 0.5) is 0 Å². The van der Waals surface area contributed by atoms with E-state index in [1.807, 2.05) is 6.07 Å². The lowest BCUT2D eigenvalue weighted by Gasteiger charge is -2.34. The quantitative estimate of drug-likeness (QED) is 0.728. The molecule has 1 aromatic carbocycles. The number of thiophene rings is 1. The Labute approximate surface area is 159 Å². The molecule has 1 atom stereocenters. The van der Waals surface area contributed by atoms with E-state index in [-0.39, 0.29) is 0 Å². The van der Waals surface area contributed by atoms with Gasteiger partial charge in [-0.3, -0.25) is 4.90 Å². The van der Waals surface area contributed by atoms with E-state index in [1.165, 1.54) is 10.4 Å². The first kappa shape index (κ1) is 18.3. The third-order valence-corrected chi connectivity index (χ3v) is 5.62. The summed E-state index contributed by atoms with van der Waals surface area (Å²) in [5.74, 6) is 0. The van der Waals surface area contributed by atoms with Crippen LogP contribution in [0.25, 0.3) is 0 Å². The van der Waals surface area contributed by atoms with Crippen LogP contribution in [0.15, 0.2) is 47.8 Å². The first-order valence-corrected chi connectivity index (χ1v) is 10.0. The Kier molecular flexibility index (Phi) is 7.23. The fourth-order valence-electron chi connectivity index (χ4n) is 3.00. The average Bonchev–Trinajstić information content (AvgIpc) is 3.18. The number of hydrogen-bond donors (Lipinski definition) is 2. The molecule has 0 unspecified atom stereocenters. The molecule has 1 fully saturated rings. The highest BCUT2D eigenvalue weighted by atomic mass is 32.1. The molecular formula is C19H25N3OS2. The molecule has 0 saturated carbocycles. The maximum absolute atomic E-state index is 5.49. The lowest BCUT2D eigenvalue weighted by molar-refractivity contribution is 0.0177. The van der Waals surface area contributed by atoms with Crippen LogP contribution in [0.5, 0.6) is 0 Å². The Balaban J connectivity index is 1.46. The Morgan fingerprint density at radius 3 is 2.64 bits per heavy atom. The fourth-order valence-corrected chi connectivity index (χ4v) is 4.04.